The molecule has 94 valence electrons. The molecule has 0 spiro atoms. The zero-order valence-corrected chi connectivity index (χ0v) is 10.4. The molecule has 0 saturated carbocycles. The Hall–Kier alpha value is -1.55. The summed E-state index contributed by atoms with van der Waals surface area (Å²) in [6, 6.07) is 5.36. The van der Waals surface area contributed by atoms with E-state index in [0.29, 0.717) is 11.3 Å². The van der Waals surface area contributed by atoms with Crippen LogP contribution < -0.4 is 4.74 Å². The third-order valence-corrected chi connectivity index (χ3v) is 2.52. The Morgan fingerprint density at radius 3 is 2.65 bits per heavy atom. The maximum absolute atomic E-state index is 11.5. The van der Waals surface area contributed by atoms with Gasteiger partial charge < -0.3 is 14.6 Å². The second-order valence-corrected chi connectivity index (χ2v) is 3.55. The minimum absolute atomic E-state index is 0.242. The van der Waals surface area contributed by atoms with Gasteiger partial charge >= 0.3 is 5.97 Å². The molecule has 0 radical (unpaired) electrons. The number of hydrogen-bond acceptors (Lipinski definition) is 4. The smallest absolute Gasteiger partial charge is 0.339 e. The summed E-state index contributed by atoms with van der Waals surface area (Å²) >= 11 is 0. The van der Waals surface area contributed by atoms with Gasteiger partial charge in [-0.1, -0.05) is 25.1 Å². The molecule has 1 N–H and O–H groups in total. The number of para-hydroxylation sites is 1. The summed E-state index contributed by atoms with van der Waals surface area (Å²) in [5.74, 6) is -0.102. The molecule has 0 heterocycles. The average molecular weight is 238 g/mol. The van der Waals surface area contributed by atoms with Gasteiger partial charge in [0.05, 0.1) is 13.7 Å². The van der Waals surface area contributed by atoms with Gasteiger partial charge in [0.2, 0.25) is 0 Å². The highest BCUT2D eigenvalue weighted by Gasteiger charge is 2.23. The van der Waals surface area contributed by atoms with E-state index in [2.05, 4.69) is 0 Å². The summed E-state index contributed by atoms with van der Waals surface area (Å²) in [7, 11) is 1.52. The molecule has 1 atom stereocenters. The van der Waals surface area contributed by atoms with Gasteiger partial charge in [-0.15, -0.1) is 0 Å². The Morgan fingerprint density at radius 2 is 2.12 bits per heavy atom. The highest BCUT2D eigenvalue weighted by atomic mass is 16.5. The Balaban J connectivity index is 3.08. The van der Waals surface area contributed by atoms with Crippen molar-refractivity contribution in [1.29, 1.82) is 0 Å². The quantitative estimate of drug-likeness (QED) is 0.795. The molecule has 4 nitrogen and oxygen atoms in total. The van der Waals surface area contributed by atoms with Crippen LogP contribution in [-0.2, 0) is 16.0 Å². The van der Waals surface area contributed by atoms with Crippen LogP contribution in [-0.4, -0.2) is 24.8 Å². The van der Waals surface area contributed by atoms with Crippen LogP contribution in [0.3, 0.4) is 0 Å². The monoisotopic (exact) mass is 238 g/mol. The first-order valence-electron chi connectivity index (χ1n) is 5.66. The summed E-state index contributed by atoms with van der Waals surface area (Å²) in [5.41, 5.74) is 1.40. The maximum atomic E-state index is 11.5. The largest absolute Gasteiger partial charge is 0.496 e. The number of aryl methyl sites for hydroxylation is 1. The van der Waals surface area contributed by atoms with Crippen molar-refractivity contribution in [3.05, 3.63) is 29.3 Å². The number of hydrogen-bond donors (Lipinski definition) is 1. The number of aliphatic hydroxyl groups excluding tert-OH is 1. The molecule has 1 aromatic carbocycles. The first-order valence-corrected chi connectivity index (χ1v) is 5.66. The third-order valence-electron chi connectivity index (χ3n) is 2.52. The van der Waals surface area contributed by atoms with Crippen molar-refractivity contribution >= 4 is 5.97 Å². The topological polar surface area (TPSA) is 55.8 Å². The number of benzene rings is 1. The van der Waals surface area contributed by atoms with Crippen molar-refractivity contribution in [2.45, 2.75) is 26.4 Å². The van der Waals surface area contributed by atoms with E-state index in [1.165, 1.54) is 7.11 Å². The number of rotatable bonds is 5. The second-order valence-electron chi connectivity index (χ2n) is 3.55. The van der Waals surface area contributed by atoms with E-state index in [1.54, 1.807) is 19.1 Å². The number of ether oxygens (including phenoxy) is 2. The van der Waals surface area contributed by atoms with Crippen molar-refractivity contribution in [3.8, 4) is 5.75 Å². The molecule has 0 aromatic heterocycles. The lowest BCUT2D eigenvalue weighted by molar-refractivity contribution is -0.153. The number of carbonyl (C=O) groups excluding carboxylic acids is 1. The van der Waals surface area contributed by atoms with Crippen LogP contribution in [0, 0.1) is 0 Å². The Morgan fingerprint density at radius 1 is 1.41 bits per heavy atom. The maximum Gasteiger partial charge on any atom is 0.339 e. The SMILES string of the molecule is CCOC(=O)C(O)c1cccc(CC)c1OC. The van der Waals surface area contributed by atoms with Crippen LogP contribution in [0.5, 0.6) is 5.75 Å². The summed E-state index contributed by atoms with van der Waals surface area (Å²) in [6.45, 7) is 3.92. The van der Waals surface area contributed by atoms with E-state index in [9.17, 15) is 9.90 Å². The van der Waals surface area contributed by atoms with Gasteiger partial charge in [-0.25, -0.2) is 4.79 Å². The normalized spacial score (nSPS) is 12.0. The molecule has 1 aromatic rings. The Labute approximate surface area is 101 Å². The average Bonchev–Trinajstić information content (AvgIpc) is 2.36. The van der Waals surface area contributed by atoms with E-state index >= 15 is 0 Å². The number of carbonyl (C=O) groups is 1. The lowest BCUT2D eigenvalue weighted by atomic mass is 10.0. The zero-order valence-electron chi connectivity index (χ0n) is 10.4. The molecule has 4 heteroatoms. The summed E-state index contributed by atoms with van der Waals surface area (Å²) < 4.78 is 10.0. The van der Waals surface area contributed by atoms with Crippen molar-refractivity contribution < 1.29 is 19.4 Å². The van der Waals surface area contributed by atoms with Crippen LogP contribution in [0.15, 0.2) is 18.2 Å². The summed E-state index contributed by atoms with van der Waals surface area (Å²) in [4.78, 5) is 11.5. The van der Waals surface area contributed by atoms with E-state index in [1.807, 2.05) is 13.0 Å². The van der Waals surface area contributed by atoms with Crippen molar-refractivity contribution in [3.63, 3.8) is 0 Å². The highest BCUT2D eigenvalue weighted by Crippen LogP contribution is 2.30. The number of esters is 1. The van der Waals surface area contributed by atoms with Gasteiger partial charge in [0.15, 0.2) is 6.10 Å². The lowest BCUT2D eigenvalue weighted by Crippen LogP contribution is -2.16. The third kappa shape index (κ3) is 2.97. The molecular weight excluding hydrogens is 220 g/mol. The van der Waals surface area contributed by atoms with E-state index in [4.69, 9.17) is 9.47 Å². The fraction of sp³-hybridized carbons (Fsp3) is 0.462. The molecule has 0 saturated heterocycles. The first kappa shape index (κ1) is 13.5. The van der Waals surface area contributed by atoms with Gasteiger partial charge in [0.1, 0.15) is 5.75 Å². The molecule has 0 fully saturated rings. The standard InChI is InChI=1S/C13H18O4/c1-4-9-7-6-8-10(12(9)16-3)11(14)13(15)17-5-2/h6-8,11,14H,4-5H2,1-3H3. The first-order chi connectivity index (χ1) is 8.15. The van der Waals surface area contributed by atoms with E-state index in [0.717, 1.165) is 12.0 Å². The molecule has 0 bridgehead atoms. The Kier molecular flexibility index (Phi) is 4.97. The molecular formula is C13H18O4. The predicted octanol–water partition coefficient (Wildman–Crippen LogP) is 1.85. The van der Waals surface area contributed by atoms with Crippen molar-refractivity contribution in [1.82, 2.24) is 0 Å². The second kappa shape index (κ2) is 6.25. The molecule has 0 amide bonds. The molecule has 17 heavy (non-hydrogen) atoms. The lowest BCUT2D eigenvalue weighted by Gasteiger charge is -2.16. The van der Waals surface area contributed by atoms with Crippen molar-refractivity contribution in [2.75, 3.05) is 13.7 Å². The summed E-state index contributed by atoms with van der Waals surface area (Å²) in [6.07, 6.45) is -0.525. The fourth-order valence-electron chi connectivity index (χ4n) is 1.70. The number of aliphatic hydroxyl groups is 1. The van der Waals surface area contributed by atoms with Crippen LogP contribution in [0.1, 0.15) is 31.1 Å². The van der Waals surface area contributed by atoms with Crippen LogP contribution in [0.25, 0.3) is 0 Å². The fourth-order valence-corrected chi connectivity index (χ4v) is 1.70. The predicted molar refractivity (Wildman–Crippen MR) is 64.0 cm³/mol. The number of methoxy groups -OCH3 is 1. The van der Waals surface area contributed by atoms with Gasteiger partial charge in [-0.05, 0) is 18.9 Å². The minimum Gasteiger partial charge on any atom is -0.496 e. The van der Waals surface area contributed by atoms with Crippen molar-refractivity contribution in [2.24, 2.45) is 0 Å². The van der Waals surface area contributed by atoms with Gasteiger partial charge in [-0.3, -0.25) is 0 Å². The van der Waals surface area contributed by atoms with Crippen LogP contribution in [0.4, 0.5) is 0 Å². The van der Waals surface area contributed by atoms with Gasteiger partial charge in [-0.2, -0.15) is 0 Å². The van der Waals surface area contributed by atoms with Crippen LogP contribution >= 0.6 is 0 Å². The molecule has 0 aliphatic rings. The Bertz CT molecular complexity index is 387. The molecule has 1 rings (SSSR count). The summed E-state index contributed by atoms with van der Waals surface area (Å²) in [5, 5.41) is 9.90. The van der Waals surface area contributed by atoms with Gasteiger partial charge in [0, 0.05) is 5.56 Å². The van der Waals surface area contributed by atoms with Crippen LogP contribution in [0.2, 0.25) is 0 Å². The minimum atomic E-state index is -1.30. The molecule has 0 aliphatic carbocycles. The highest BCUT2D eigenvalue weighted by molar-refractivity contribution is 5.77. The van der Waals surface area contributed by atoms with Gasteiger partial charge in [0.25, 0.3) is 0 Å². The molecule has 0 aliphatic heterocycles. The van der Waals surface area contributed by atoms with E-state index in [-0.39, 0.29) is 6.61 Å². The van der Waals surface area contributed by atoms with E-state index < -0.39 is 12.1 Å². The zero-order chi connectivity index (χ0) is 12.8. The molecule has 1 unspecified atom stereocenters.